The van der Waals surface area contributed by atoms with Gasteiger partial charge in [0.15, 0.2) is 5.13 Å². The van der Waals surface area contributed by atoms with Crippen LogP contribution in [0.4, 0.5) is 5.13 Å². The quantitative estimate of drug-likeness (QED) is 0.904. The summed E-state index contributed by atoms with van der Waals surface area (Å²) in [5, 5.41) is 12.5. The van der Waals surface area contributed by atoms with Gasteiger partial charge in [0, 0.05) is 11.5 Å². The number of nitrogens with zero attached hydrogens (tertiary/aromatic N) is 1. The second-order valence-electron chi connectivity index (χ2n) is 5.49. The van der Waals surface area contributed by atoms with Gasteiger partial charge in [-0.25, -0.2) is 9.78 Å². The van der Waals surface area contributed by atoms with E-state index in [-0.39, 0.29) is 16.7 Å². The van der Waals surface area contributed by atoms with Crippen LogP contribution in [0.5, 0.6) is 0 Å². The highest BCUT2D eigenvalue weighted by Gasteiger charge is 2.27. The van der Waals surface area contributed by atoms with Gasteiger partial charge >= 0.3 is 5.97 Å². The third-order valence-corrected chi connectivity index (χ3v) is 4.81. The topological polar surface area (TPSA) is 79.3 Å². The monoisotopic (exact) mass is 316 g/mol. The van der Waals surface area contributed by atoms with E-state index in [1.165, 1.54) is 0 Å². The minimum Gasteiger partial charge on any atom is -0.477 e. The molecule has 1 heterocycles. The van der Waals surface area contributed by atoms with Gasteiger partial charge in [0.1, 0.15) is 4.88 Å². The molecule has 1 aromatic heterocycles. The number of rotatable bonds is 4. The molecular formula is C16H16N2O3S. The van der Waals surface area contributed by atoms with Gasteiger partial charge < -0.3 is 10.4 Å². The molecule has 0 radical (unpaired) electrons. The molecule has 2 aromatic rings. The van der Waals surface area contributed by atoms with E-state index in [0.29, 0.717) is 10.8 Å². The lowest BCUT2D eigenvalue weighted by molar-refractivity contribution is -0.122. The SMILES string of the molecule is Cc1ccc(-c2nc(NC(=O)C3CCC3)sc2C(=O)O)cc1. The summed E-state index contributed by atoms with van der Waals surface area (Å²) in [6, 6.07) is 7.50. The lowest BCUT2D eigenvalue weighted by Crippen LogP contribution is -2.27. The summed E-state index contributed by atoms with van der Waals surface area (Å²) in [6.45, 7) is 1.97. The Hall–Kier alpha value is -2.21. The summed E-state index contributed by atoms with van der Waals surface area (Å²) < 4.78 is 0. The highest BCUT2D eigenvalue weighted by Crippen LogP contribution is 2.33. The second kappa shape index (κ2) is 5.88. The number of carboxylic acid groups (broad SMARTS) is 1. The highest BCUT2D eigenvalue weighted by atomic mass is 32.1. The van der Waals surface area contributed by atoms with Crippen LogP contribution >= 0.6 is 11.3 Å². The van der Waals surface area contributed by atoms with Gasteiger partial charge in [-0.1, -0.05) is 47.6 Å². The van der Waals surface area contributed by atoms with E-state index in [2.05, 4.69) is 10.3 Å². The number of anilines is 1. The van der Waals surface area contributed by atoms with Crippen LogP contribution in [0.25, 0.3) is 11.3 Å². The lowest BCUT2D eigenvalue weighted by Gasteiger charge is -2.23. The van der Waals surface area contributed by atoms with Gasteiger partial charge in [-0.2, -0.15) is 0 Å². The Kier molecular flexibility index (Phi) is 3.94. The minimum absolute atomic E-state index is 0.0417. The molecule has 0 bridgehead atoms. The average molecular weight is 316 g/mol. The number of hydrogen-bond acceptors (Lipinski definition) is 4. The maximum Gasteiger partial charge on any atom is 0.348 e. The zero-order valence-corrected chi connectivity index (χ0v) is 12.9. The zero-order chi connectivity index (χ0) is 15.7. The van der Waals surface area contributed by atoms with Crippen LogP contribution in [0.1, 0.15) is 34.5 Å². The average Bonchev–Trinajstić information content (AvgIpc) is 2.81. The van der Waals surface area contributed by atoms with E-state index in [4.69, 9.17) is 0 Å². The molecule has 0 aliphatic heterocycles. The van der Waals surface area contributed by atoms with Crippen molar-refractivity contribution in [3.05, 3.63) is 34.7 Å². The molecule has 6 heteroatoms. The fourth-order valence-corrected chi connectivity index (χ4v) is 3.13. The molecule has 1 saturated carbocycles. The van der Waals surface area contributed by atoms with Gasteiger partial charge in [0.2, 0.25) is 5.91 Å². The smallest absolute Gasteiger partial charge is 0.348 e. The Balaban J connectivity index is 1.90. The van der Waals surface area contributed by atoms with Crippen molar-refractivity contribution in [3.8, 4) is 11.3 Å². The summed E-state index contributed by atoms with van der Waals surface area (Å²) in [6.07, 6.45) is 2.87. The van der Waals surface area contributed by atoms with Crippen molar-refractivity contribution >= 4 is 28.3 Å². The van der Waals surface area contributed by atoms with Gasteiger partial charge in [0.05, 0.1) is 5.69 Å². The Labute approximate surface area is 132 Å². The van der Waals surface area contributed by atoms with E-state index >= 15 is 0 Å². The van der Waals surface area contributed by atoms with Crippen LogP contribution in [-0.2, 0) is 4.79 Å². The molecule has 0 atom stereocenters. The number of nitrogens with one attached hydrogen (secondary N) is 1. The Morgan fingerprint density at radius 3 is 2.50 bits per heavy atom. The van der Waals surface area contributed by atoms with E-state index in [1.54, 1.807) is 0 Å². The summed E-state index contributed by atoms with van der Waals surface area (Å²) in [5.41, 5.74) is 2.24. The van der Waals surface area contributed by atoms with E-state index in [1.807, 2.05) is 31.2 Å². The number of aromatic carboxylic acids is 1. The van der Waals surface area contributed by atoms with Gasteiger partial charge in [-0.15, -0.1) is 0 Å². The van der Waals surface area contributed by atoms with Crippen molar-refractivity contribution in [1.82, 2.24) is 4.98 Å². The van der Waals surface area contributed by atoms with Crippen molar-refractivity contribution in [2.45, 2.75) is 26.2 Å². The Bertz CT molecular complexity index is 717. The van der Waals surface area contributed by atoms with Crippen LogP contribution in [0, 0.1) is 12.8 Å². The third-order valence-electron chi connectivity index (χ3n) is 3.85. The largest absolute Gasteiger partial charge is 0.477 e. The molecule has 2 N–H and O–H groups in total. The second-order valence-corrected chi connectivity index (χ2v) is 6.48. The molecule has 1 aliphatic rings. The number of carboxylic acids is 1. The number of amides is 1. The first-order valence-electron chi connectivity index (χ1n) is 7.16. The number of aromatic nitrogens is 1. The van der Waals surface area contributed by atoms with E-state index in [0.717, 1.165) is 41.7 Å². The first kappa shape index (κ1) is 14.7. The molecule has 1 fully saturated rings. The molecule has 1 aromatic carbocycles. The van der Waals surface area contributed by atoms with Crippen molar-refractivity contribution in [2.24, 2.45) is 5.92 Å². The highest BCUT2D eigenvalue weighted by molar-refractivity contribution is 7.18. The number of benzene rings is 1. The van der Waals surface area contributed by atoms with Gasteiger partial charge in [-0.3, -0.25) is 4.79 Å². The maximum atomic E-state index is 12.0. The predicted octanol–water partition coefficient (Wildman–Crippen LogP) is 3.56. The first-order valence-corrected chi connectivity index (χ1v) is 7.98. The molecule has 0 unspecified atom stereocenters. The minimum atomic E-state index is -1.03. The molecule has 1 amide bonds. The van der Waals surface area contributed by atoms with Crippen molar-refractivity contribution in [1.29, 1.82) is 0 Å². The fraction of sp³-hybridized carbons (Fsp3) is 0.312. The van der Waals surface area contributed by atoms with Crippen LogP contribution < -0.4 is 5.32 Å². The normalized spacial score (nSPS) is 14.4. The number of carbonyl (C=O) groups is 2. The Morgan fingerprint density at radius 1 is 1.27 bits per heavy atom. The molecular weight excluding hydrogens is 300 g/mol. The molecule has 22 heavy (non-hydrogen) atoms. The van der Waals surface area contributed by atoms with E-state index in [9.17, 15) is 14.7 Å². The van der Waals surface area contributed by atoms with Crippen LogP contribution in [0.15, 0.2) is 24.3 Å². The number of hydrogen-bond donors (Lipinski definition) is 2. The molecule has 1 aliphatic carbocycles. The summed E-state index contributed by atoms with van der Waals surface area (Å²) in [7, 11) is 0. The summed E-state index contributed by atoms with van der Waals surface area (Å²) in [4.78, 5) is 27.9. The predicted molar refractivity (Wildman–Crippen MR) is 85.2 cm³/mol. The van der Waals surface area contributed by atoms with E-state index < -0.39 is 5.97 Å². The molecule has 3 rings (SSSR count). The van der Waals surface area contributed by atoms with Crippen molar-refractivity contribution < 1.29 is 14.7 Å². The first-order chi connectivity index (χ1) is 10.5. The van der Waals surface area contributed by atoms with Crippen molar-refractivity contribution in [2.75, 3.05) is 5.32 Å². The standard InChI is InChI=1S/C16H16N2O3S/c1-9-5-7-10(8-6-9)12-13(15(20)21)22-16(17-12)18-14(19)11-3-2-4-11/h5-8,11H,2-4H2,1H3,(H,20,21)(H,17,18,19). The number of aryl methyl sites for hydroxylation is 1. The van der Waals surface area contributed by atoms with Crippen molar-refractivity contribution in [3.63, 3.8) is 0 Å². The maximum absolute atomic E-state index is 12.0. The Morgan fingerprint density at radius 2 is 1.95 bits per heavy atom. The third kappa shape index (κ3) is 2.87. The van der Waals surface area contributed by atoms with Crippen LogP contribution in [0.2, 0.25) is 0 Å². The lowest BCUT2D eigenvalue weighted by atomic mass is 9.85. The number of thiazole rings is 1. The summed E-state index contributed by atoms with van der Waals surface area (Å²) >= 11 is 1.00. The van der Waals surface area contributed by atoms with Crippen LogP contribution in [-0.4, -0.2) is 22.0 Å². The van der Waals surface area contributed by atoms with Crippen LogP contribution in [0.3, 0.4) is 0 Å². The fourth-order valence-electron chi connectivity index (χ4n) is 2.30. The summed E-state index contributed by atoms with van der Waals surface area (Å²) in [5.74, 6) is -1.05. The number of carbonyl (C=O) groups excluding carboxylic acids is 1. The van der Waals surface area contributed by atoms with Gasteiger partial charge in [-0.05, 0) is 19.8 Å². The van der Waals surface area contributed by atoms with Gasteiger partial charge in [0.25, 0.3) is 0 Å². The molecule has 5 nitrogen and oxygen atoms in total. The molecule has 114 valence electrons. The molecule has 0 spiro atoms. The zero-order valence-electron chi connectivity index (χ0n) is 12.1. The molecule has 0 saturated heterocycles.